The summed E-state index contributed by atoms with van der Waals surface area (Å²) in [6.07, 6.45) is -4.57. The normalized spacial score (nSPS) is 11.7. The van der Waals surface area contributed by atoms with Crippen molar-refractivity contribution in [3.05, 3.63) is 30.1 Å². The van der Waals surface area contributed by atoms with E-state index in [1.807, 2.05) is 0 Å². The lowest BCUT2D eigenvalue weighted by Crippen LogP contribution is -2.15. The summed E-state index contributed by atoms with van der Waals surface area (Å²) >= 11 is 4.16. The van der Waals surface area contributed by atoms with E-state index in [0.717, 1.165) is 4.68 Å². The Kier molecular flexibility index (Phi) is 3.44. The molecule has 0 bridgehead atoms. The highest BCUT2D eigenvalue weighted by atomic mass is 32.1. The standard InChI is InChI=1S/C11H11F3N4S/c1-17(2)10-15-9(11(12,13)14)16-18(10)7-4-3-5-8(19)6-7/h3-6,19H,1-2H3. The van der Waals surface area contributed by atoms with Crippen LogP contribution >= 0.6 is 12.6 Å². The zero-order valence-electron chi connectivity index (χ0n) is 10.2. The van der Waals surface area contributed by atoms with Gasteiger partial charge in [0.15, 0.2) is 0 Å². The van der Waals surface area contributed by atoms with Crippen LogP contribution in [0.15, 0.2) is 29.2 Å². The number of alkyl halides is 3. The number of halogens is 3. The van der Waals surface area contributed by atoms with Gasteiger partial charge in [-0.3, -0.25) is 0 Å². The van der Waals surface area contributed by atoms with Crippen LogP contribution in [0, 0.1) is 0 Å². The van der Waals surface area contributed by atoms with Crippen molar-refractivity contribution >= 4 is 18.6 Å². The molecule has 0 aliphatic carbocycles. The van der Waals surface area contributed by atoms with E-state index in [1.165, 1.54) is 4.90 Å². The van der Waals surface area contributed by atoms with Gasteiger partial charge in [-0.1, -0.05) is 6.07 Å². The first-order valence-corrected chi connectivity index (χ1v) is 5.75. The topological polar surface area (TPSA) is 34.0 Å². The zero-order chi connectivity index (χ0) is 14.2. The molecular weight excluding hydrogens is 277 g/mol. The van der Waals surface area contributed by atoms with Crippen LogP contribution in [0.25, 0.3) is 5.69 Å². The molecule has 2 rings (SSSR count). The van der Waals surface area contributed by atoms with Gasteiger partial charge in [0.05, 0.1) is 5.69 Å². The van der Waals surface area contributed by atoms with E-state index in [2.05, 4.69) is 22.7 Å². The highest BCUT2D eigenvalue weighted by Crippen LogP contribution is 2.29. The van der Waals surface area contributed by atoms with Gasteiger partial charge in [-0.25, -0.2) is 0 Å². The molecule has 0 spiro atoms. The van der Waals surface area contributed by atoms with Crippen molar-refractivity contribution in [3.63, 3.8) is 0 Å². The molecule has 1 aromatic carbocycles. The third-order valence-electron chi connectivity index (χ3n) is 2.32. The maximum Gasteiger partial charge on any atom is 0.453 e. The molecule has 102 valence electrons. The Morgan fingerprint density at radius 1 is 1.26 bits per heavy atom. The molecule has 1 aromatic heterocycles. The van der Waals surface area contributed by atoms with Gasteiger partial charge in [0.1, 0.15) is 0 Å². The van der Waals surface area contributed by atoms with E-state index in [9.17, 15) is 13.2 Å². The summed E-state index contributed by atoms with van der Waals surface area (Å²) in [6.45, 7) is 0. The maximum atomic E-state index is 12.7. The van der Waals surface area contributed by atoms with Crippen molar-refractivity contribution in [1.82, 2.24) is 14.8 Å². The van der Waals surface area contributed by atoms with E-state index in [0.29, 0.717) is 10.6 Å². The van der Waals surface area contributed by atoms with Gasteiger partial charge in [-0.15, -0.1) is 17.7 Å². The van der Waals surface area contributed by atoms with E-state index < -0.39 is 12.0 Å². The minimum absolute atomic E-state index is 0.103. The predicted molar refractivity (Wildman–Crippen MR) is 67.9 cm³/mol. The Balaban J connectivity index is 2.59. The summed E-state index contributed by atoms with van der Waals surface area (Å²) in [4.78, 5) is 5.61. The van der Waals surface area contributed by atoms with Gasteiger partial charge in [0.2, 0.25) is 5.95 Å². The average molecular weight is 288 g/mol. The summed E-state index contributed by atoms with van der Waals surface area (Å²) in [5, 5.41) is 3.52. The largest absolute Gasteiger partial charge is 0.453 e. The zero-order valence-corrected chi connectivity index (χ0v) is 11.1. The van der Waals surface area contributed by atoms with Crippen LogP contribution in [0.1, 0.15) is 5.82 Å². The van der Waals surface area contributed by atoms with Gasteiger partial charge >= 0.3 is 6.18 Å². The van der Waals surface area contributed by atoms with Crippen LogP contribution in [0.3, 0.4) is 0 Å². The molecule has 0 radical (unpaired) electrons. The Morgan fingerprint density at radius 3 is 2.47 bits per heavy atom. The van der Waals surface area contributed by atoms with Gasteiger partial charge < -0.3 is 4.90 Å². The minimum atomic E-state index is -4.57. The highest BCUT2D eigenvalue weighted by Gasteiger charge is 2.37. The highest BCUT2D eigenvalue weighted by molar-refractivity contribution is 7.80. The van der Waals surface area contributed by atoms with Crippen LogP contribution in [0.4, 0.5) is 19.1 Å². The molecular formula is C11H11F3N4S. The number of hydrogen-bond donors (Lipinski definition) is 1. The number of anilines is 1. The lowest BCUT2D eigenvalue weighted by Gasteiger charge is -2.12. The van der Waals surface area contributed by atoms with Crippen LogP contribution in [0.5, 0.6) is 0 Å². The fourth-order valence-corrected chi connectivity index (χ4v) is 1.73. The number of benzene rings is 1. The van der Waals surface area contributed by atoms with E-state index in [4.69, 9.17) is 0 Å². The molecule has 0 aliphatic heterocycles. The smallest absolute Gasteiger partial charge is 0.347 e. The Labute approximate surface area is 113 Å². The number of aromatic nitrogens is 3. The fraction of sp³-hybridized carbons (Fsp3) is 0.273. The summed E-state index contributed by atoms with van der Waals surface area (Å²) in [6, 6.07) is 6.67. The molecule has 1 heterocycles. The molecule has 0 saturated carbocycles. The van der Waals surface area contributed by atoms with Crippen molar-refractivity contribution in [2.75, 3.05) is 19.0 Å². The van der Waals surface area contributed by atoms with E-state index in [-0.39, 0.29) is 5.95 Å². The number of hydrogen-bond acceptors (Lipinski definition) is 4. The predicted octanol–water partition coefficient (Wildman–Crippen LogP) is 2.64. The molecule has 2 aromatic rings. The molecule has 0 unspecified atom stereocenters. The monoisotopic (exact) mass is 288 g/mol. The first-order chi connectivity index (χ1) is 8.79. The summed E-state index contributed by atoms with van der Waals surface area (Å²) in [5.41, 5.74) is 0.471. The van der Waals surface area contributed by atoms with E-state index in [1.54, 1.807) is 38.4 Å². The number of nitrogens with zero attached hydrogens (tertiary/aromatic N) is 4. The summed E-state index contributed by atoms with van der Waals surface area (Å²) in [7, 11) is 3.20. The maximum absolute atomic E-state index is 12.7. The first-order valence-electron chi connectivity index (χ1n) is 5.30. The molecule has 19 heavy (non-hydrogen) atoms. The van der Waals surface area contributed by atoms with Gasteiger partial charge in [0.25, 0.3) is 5.82 Å². The quantitative estimate of drug-likeness (QED) is 0.863. The second kappa shape index (κ2) is 4.76. The second-order valence-electron chi connectivity index (χ2n) is 4.06. The molecule has 8 heteroatoms. The molecule has 0 aliphatic rings. The SMILES string of the molecule is CN(C)c1nc(C(F)(F)F)nn1-c1cccc(S)c1. The third kappa shape index (κ3) is 2.83. The van der Waals surface area contributed by atoms with Crippen LogP contribution in [0.2, 0.25) is 0 Å². The molecule has 0 amide bonds. The lowest BCUT2D eigenvalue weighted by molar-refractivity contribution is -0.144. The Hall–Kier alpha value is -1.70. The van der Waals surface area contributed by atoms with Crippen molar-refractivity contribution < 1.29 is 13.2 Å². The van der Waals surface area contributed by atoms with Gasteiger partial charge in [-0.2, -0.15) is 22.8 Å². The van der Waals surface area contributed by atoms with Crippen LogP contribution in [-0.4, -0.2) is 28.9 Å². The Morgan fingerprint density at radius 2 is 1.95 bits per heavy atom. The van der Waals surface area contributed by atoms with Crippen molar-refractivity contribution in [2.24, 2.45) is 0 Å². The molecule has 4 nitrogen and oxygen atoms in total. The van der Waals surface area contributed by atoms with Crippen LogP contribution in [-0.2, 0) is 6.18 Å². The average Bonchev–Trinajstić information content (AvgIpc) is 2.73. The molecule has 0 atom stereocenters. The first kappa shape index (κ1) is 13.7. The third-order valence-corrected chi connectivity index (χ3v) is 2.60. The lowest BCUT2D eigenvalue weighted by atomic mass is 10.3. The minimum Gasteiger partial charge on any atom is -0.347 e. The van der Waals surface area contributed by atoms with Crippen molar-refractivity contribution in [2.45, 2.75) is 11.1 Å². The van der Waals surface area contributed by atoms with Crippen molar-refractivity contribution in [3.8, 4) is 5.69 Å². The Bertz CT molecular complexity index is 592. The van der Waals surface area contributed by atoms with Gasteiger partial charge in [-0.05, 0) is 18.2 Å². The van der Waals surface area contributed by atoms with Crippen molar-refractivity contribution in [1.29, 1.82) is 0 Å². The molecule has 0 saturated heterocycles. The van der Waals surface area contributed by atoms with E-state index >= 15 is 0 Å². The number of rotatable bonds is 2. The second-order valence-corrected chi connectivity index (χ2v) is 4.58. The van der Waals surface area contributed by atoms with Gasteiger partial charge in [0, 0.05) is 19.0 Å². The van der Waals surface area contributed by atoms with Crippen LogP contribution < -0.4 is 4.90 Å². The molecule has 0 fully saturated rings. The number of thiol groups is 1. The summed E-state index contributed by atoms with van der Waals surface area (Å²) < 4.78 is 39.1. The molecule has 0 N–H and O–H groups in total. The summed E-state index contributed by atoms with van der Waals surface area (Å²) in [5.74, 6) is -1.06. The fourth-order valence-electron chi connectivity index (χ4n) is 1.51.